The van der Waals surface area contributed by atoms with Gasteiger partial charge in [-0.3, -0.25) is 4.79 Å². The zero-order valence-corrected chi connectivity index (χ0v) is 12.1. The molecule has 5 heteroatoms. The quantitative estimate of drug-likeness (QED) is 0.915. The number of carbonyl (C=O) groups is 1. The smallest absolute Gasteiger partial charge is 0.256 e. The third-order valence-electron chi connectivity index (χ3n) is 3.83. The van der Waals surface area contributed by atoms with Gasteiger partial charge in [-0.25, -0.2) is 4.98 Å². The van der Waals surface area contributed by atoms with Gasteiger partial charge in [0.05, 0.1) is 24.3 Å². The molecular formula is C15H21N3O2. The summed E-state index contributed by atoms with van der Waals surface area (Å²) in [6, 6.07) is 4.31. The number of carbonyl (C=O) groups excluding carboxylic acids is 1. The molecule has 1 aliphatic carbocycles. The third kappa shape index (κ3) is 2.77. The first-order valence-corrected chi connectivity index (χ1v) is 7.18. The van der Waals surface area contributed by atoms with Crippen LogP contribution in [0.1, 0.15) is 37.0 Å². The summed E-state index contributed by atoms with van der Waals surface area (Å²) in [6.45, 7) is 5.87. The van der Waals surface area contributed by atoms with Crippen molar-refractivity contribution in [1.29, 1.82) is 0 Å². The number of pyridine rings is 1. The Bertz CT molecular complexity index is 494. The Morgan fingerprint density at radius 3 is 2.85 bits per heavy atom. The van der Waals surface area contributed by atoms with E-state index in [1.165, 1.54) is 12.8 Å². The van der Waals surface area contributed by atoms with Crippen LogP contribution in [0, 0.1) is 0 Å². The number of ether oxygens (including phenoxy) is 1. The van der Waals surface area contributed by atoms with Gasteiger partial charge in [-0.2, -0.15) is 0 Å². The van der Waals surface area contributed by atoms with E-state index in [-0.39, 0.29) is 11.4 Å². The molecule has 0 unspecified atom stereocenters. The van der Waals surface area contributed by atoms with E-state index in [1.54, 1.807) is 6.20 Å². The zero-order chi connectivity index (χ0) is 14.2. The fourth-order valence-electron chi connectivity index (χ4n) is 2.43. The molecule has 108 valence electrons. The lowest BCUT2D eigenvalue weighted by Crippen LogP contribution is -2.55. The summed E-state index contributed by atoms with van der Waals surface area (Å²) in [7, 11) is 0. The predicted molar refractivity (Wildman–Crippen MR) is 76.8 cm³/mol. The van der Waals surface area contributed by atoms with E-state index >= 15 is 0 Å². The topological polar surface area (TPSA) is 54.5 Å². The molecule has 1 aromatic rings. The molecule has 0 atom stereocenters. The van der Waals surface area contributed by atoms with Crippen LogP contribution in [0.15, 0.2) is 18.3 Å². The second-order valence-electron chi connectivity index (χ2n) is 6.17. The number of morpholine rings is 1. The van der Waals surface area contributed by atoms with Crippen LogP contribution in [-0.2, 0) is 4.74 Å². The van der Waals surface area contributed by atoms with Gasteiger partial charge in [-0.15, -0.1) is 0 Å². The number of amides is 1. The molecule has 2 aliphatic rings. The third-order valence-corrected chi connectivity index (χ3v) is 3.83. The van der Waals surface area contributed by atoms with Gasteiger partial charge in [-0.05, 0) is 38.8 Å². The summed E-state index contributed by atoms with van der Waals surface area (Å²) >= 11 is 0. The molecule has 1 aliphatic heterocycles. The minimum Gasteiger partial charge on any atom is -0.377 e. The minimum absolute atomic E-state index is 0.0313. The monoisotopic (exact) mass is 275 g/mol. The van der Waals surface area contributed by atoms with Crippen molar-refractivity contribution in [2.45, 2.75) is 38.3 Å². The Labute approximate surface area is 119 Å². The van der Waals surface area contributed by atoms with Crippen LogP contribution in [0.2, 0.25) is 0 Å². The molecule has 0 bridgehead atoms. The van der Waals surface area contributed by atoms with Crippen LogP contribution in [0.3, 0.4) is 0 Å². The first kappa shape index (κ1) is 13.4. The summed E-state index contributed by atoms with van der Waals surface area (Å²) in [4.78, 5) is 18.8. The highest BCUT2D eigenvalue weighted by molar-refractivity contribution is 5.94. The predicted octanol–water partition coefficient (Wildman–Crippen LogP) is 1.91. The summed E-state index contributed by atoms with van der Waals surface area (Å²) in [5.41, 5.74) is 0.376. The second-order valence-corrected chi connectivity index (χ2v) is 6.17. The molecule has 1 saturated heterocycles. The number of rotatable bonds is 3. The van der Waals surface area contributed by atoms with E-state index in [0.29, 0.717) is 31.4 Å². The SMILES string of the molecule is CC1(C)COCCN1C(=O)c1ccc(NC2CC2)nc1. The van der Waals surface area contributed by atoms with Gasteiger partial charge in [0.2, 0.25) is 0 Å². The van der Waals surface area contributed by atoms with Crippen LogP contribution < -0.4 is 5.32 Å². The van der Waals surface area contributed by atoms with E-state index in [0.717, 1.165) is 5.82 Å². The molecule has 0 aromatic carbocycles. The normalized spacial score (nSPS) is 21.6. The Hall–Kier alpha value is -1.62. The molecular weight excluding hydrogens is 254 g/mol. The van der Waals surface area contributed by atoms with Gasteiger partial charge < -0.3 is 15.0 Å². The highest BCUT2D eigenvalue weighted by Crippen LogP contribution is 2.24. The van der Waals surface area contributed by atoms with Gasteiger partial charge >= 0.3 is 0 Å². The van der Waals surface area contributed by atoms with Gasteiger partial charge in [0.25, 0.3) is 5.91 Å². The summed E-state index contributed by atoms with van der Waals surface area (Å²) in [6.07, 6.45) is 4.09. The molecule has 1 N–H and O–H groups in total. The van der Waals surface area contributed by atoms with Crippen molar-refractivity contribution in [3.63, 3.8) is 0 Å². The average molecular weight is 275 g/mol. The molecule has 1 amide bonds. The molecule has 0 radical (unpaired) electrons. The number of nitrogens with one attached hydrogen (secondary N) is 1. The maximum Gasteiger partial charge on any atom is 0.256 e. The number of anilines is 1. The molecule has 3 rings (SSSR count). The van der Waals surface area contributed by atoms with Crippen molar-refractivity contribution in [2.24, 2.45) is 0 Å². The summed E-state index contributed by atoms with van der Waals surface area (Å²) < 4.78 is 5.45. The lowest BCUT2D eigenvalue weighted by atomic mass is 10.0. The number of aromatic nitrogens is 1. The van der Waals surface area contributed by atoms with Crippen molar-refractivity contribution in [2.75, 3.05) is 25.1 Å². The second kappa shape index (κ2) is 5.05. The van der Waals surface area contributed by atoms with E-state index < -0.39 is 0 Å². The highest BCUT2D eigenvalue weighted by atomic mass is 16.5. The zero-order valence-electron chi connectivity index (χ0n) is 12.1. The Balaban J connectivity index is 1.72. The van der Waals surface area contributed by atoms with Crippen molar-refractivity contribution < 1.29 is 9.53 Å². The fourth-order valence-corrected chi connectivity index (χ4v) is 2.43. The van der Waals surface area contributed by atoms with E-state index in [4.69, 9.17) is 4.74 Å². The Kier molecular flexibility index (Phi) is 3.38. The lowest BCUT2D eigenvalue weighted by Gasteiger charge is -2.42. The van der Waals surface area contributed by atoms with E-state index in [2.05, 4.69) is 10.3 Å². The van der Waals surface area contributed by atoms with Gasteiger partial charge in [0, 0.05) is 18.8 Å². The van der Waals surface area contributed by atoms with Gasteiger partial charge in [0.1, 0.15) is 5.82 Å². The van der Waals surface area contributed by atoms with Crippen LogP contribution in [-0.4, -0.2) is 47.1 Å². The lowest BCUT2D eigenvalue weighted by molar-refractivity contribution is -0.0370. The van der Waals surface area contributed by atoms with Crippen LogP contribution in [0.5, 0.6) is 0 Å². The largest absolute Gasteiger partial charge is 0.377 e. The molecule has 0 spiro atoms. The Morgan fingerprint density at radius 1 is 1.45 bits per heavy atom. The maximum atomic E-state index is 12.6. The van der Waals surface area contributed by atoms with E-state index in [1.807, 2.05) is 30.9 Å². The fraction of sp³-hybridized carbons (Fsp3) is 0.600. The van der Waals surface area contributed by atoms with Crippen molar-refractivity contribution in [1.82, 2.24) is 9.88 Å². The van der Waals surface area contributed by atoms with Crippen molar-refractivity contribution in [3.8, 4) is 0 Å². The van der Waals surface area contributed by atoms with Crippen molar-refractivity contribution in [3.05, 3.63) is 23.9 Å². The number of hydrogen-bond donors (Lipinski definition) is 1. The standard InChI is InChI=1S/C15H21N3O2/c1-15(2)10-20-8-7-18(15)14(19)11-3-6-13(16-9-11)17-12-4-5-12/h3,6,9,12H,4-5,7-8,10H2,1-2H3,(H,16,17). The van der Waals surface area contributed by atoms with Crippen molar-refractivity contribution >= 4 is 11.7 Å². The summed E-state index contributed by atoms with van der Waals surface area (Å²) in [5.74, 6) is 0.883. The number of hydrogen-bond acceptors (Lipinski definition) is 4. The van der Waals surface area contributed by atoms with Gasteiger partial charge in [0.15, 0.2) is 0 Å². The van der Waals surface area contributed by atoms with Crippen LogP contribution in [0.4, 0.5) is 5.82 Å². The van der Waals surface area contributed by atoms with Crippen LogP contribution in [0.25, 0.3) is 0 Å². The molecule has 5 nitrogen and oxygen atoms in total. The molecule has 1 saturated carbocycles. The molecule has 1 aromatic heterocycles. The molecule has 2 heterocycles. The first-order valence-electron chi connectivity index (χ1n) is 7.18. The van der Waals surface area contributed by atoms with Crippen LogP contribution >= 0.6 is 0 Å². The minimum atomic E-state index is -0.264. The highest BCUT2D eigenvalue weighted by Gasteiger charge is 2.34. The summed E-state index contributed by atoms with van der Waals surface area (Å²) in [5, 5.41) is 3.32. The maximum absolute atomic E-state index is 12.6. The molecule has 2 fully saturated rings. The van der Waals surface area contributed by atoms with E-state index in [9.17, 15) is 4.79 Å². The first-order chi connectivity index (χ1) is 9.56. The Morgan fingerprint density at radius 2 is 2.25 bits per heavy atom. The van der Waals surface area contributed by atoms with Gasteiger partial charge in [-0.1, -0.05) is 0 Å². The molecule has 20 heavy (non-hydrogen) atoms. The average Bonchev–Trinajstić information content (AvgIpc) is 3.22. The number of nitrogens with zero attached hydrogens (tertiary/aromatic N) is 2.